The van der Waals surface area contributed by atoms with Gasteiger partial charge in [0.25, 0.3) is 0 Å². The van der Waals surface area contributed by atoms with E-state index >= 15 is 0 Å². The molecule has 0 unspecified atom stereocenters. The fourth-order valence-corrected chi connectivity index (χ4v) is 5.42. The highest BCUT2D eigenvalue weighted by molar-refractivity contribution is 7.90. The Morgan fingerprint density at radius 2 is 1.60 bits per heavy atom. The van der Waals surface area contributed by atoms with E-state index in [1.165, 1.54) is 17.6 Å². The van der Waals surface area contributed by atoms with Crippen LogP contribution in [0.1, 0.15) is 0 Å². The lowest BCUT2D eigenvalue weighted by Crippen LogP contribution is -2.06. The average Bonchev–Trinajstić information content (AvgIpc) is 3.21. The van der Waals surface area contributed by atoms with Gasteiger partial charge < -0.3 is 4.42 Å². The monoisotopic (exact) mass is 432 g/mol. The Morgan fingerprint density at radius 1 is 0.867 bits per heavy atom. The van der Waals surface area contributed by atoms with Crippen molar-refractivity contribution in [1.29, 1.82) is 0 Å². The second-order valence-electron chi connectivity index (χ2n) is 7.10. The van der Waals surface area contributed by atoms with Crippen LogP contribution in [0.15, 0.2) is 93.2 Å². The number of hydrogen-bond donors (Lipinski definition) is 0. The lowest BCUT2D eigenvalue weighted by molar-refractivity contribution is 0.602. The SMILES string of the molecule is CS(=O)(=O)c1ccc(-c2sc3ccccc3c(=O)c2-c2ccc3occc3c2)cc1. The van der Waals surface area contributed by atoms with E-state index in [1.807, 2.05) is 48.5 Å². The Bertz CT molecular complexity index is 1570. The molecule has 0 spiro atoms. The molecule has 0 aliphatic heterocycles. The summed E-state index contributed by atoms with van der Waals surface area (Å²) in [6.07, 6.45) is 2.81. The summed E-state index contributed by atoms with van der Waals surface area (Å²) in [6.45, 7) is 0. The van der Waals surface area contributed by atoms with Crippen LogP contribution in [0.3, 0.4) is 0 Å². The summed E-state index contributed by atoms with van der Waals surface area (Å²) in [6, 6.07) is 21.8. The van der Waals surface area contributed by atoms with E-state index in [2.05, 4.69) is 0 Å². The molecule has 4 nitrogen and oxygen atoms in total. The Labute approximate surface area is 177 Å². The first-order chi connectivity index (χ1) is 14.4. The van der Waals surface area contributed by atoms with Crippen LogP contribution in [0.25, 0.3) is 42.6 Å². The molecule has 0 amide bonds. The molecule has 0 atom stereocenters. The van der Waals surface area contributed by atoms with Crippen LogP contribution in [0.4, 0.5) is 0 Å². The van der Waals surface area contributed by atoms with Gasteiger partial charge in [-0.2, -0.15) is 0 Å². The first kappa shape index (κ1) is 18.8. The number of furan rings is 1. The molecule has 0 fully saturated rings. The van der Waals surface area contributed by atoms with Crippen molar-refractivity contribution in [2.75, 3.05) is 6.26 Å². The van der Waals surface area contributed by atoms with Crippen LogP contribution in [0.2, 0.25) is 0 Å². The summed E-state index contributed by atoms with van der Waals surface area (Å²) in [4.78, 5) is 14.6. The summed E-state index contributed by atoms with van der Waals surface area (Å²) in [5, 5.41) is 1.59. The first-order valence-electron chi connectivity index (χ1n) is 9.26. The second-order valence-corrected chi connectivity index (χ2v) is 10.2. The van der Waals surface area contributed by atoms with Gasteiger partial charge in [0.1, 0.15) is 5.58 Å². The van der Waals surface area contributed by atoms with E-state index in [0.29, 0.717) is 10.9 Å². The number of rotatable bonds is 3. The predicted octanol–water partition coefficient (Wildman–Crippen LogP) is 5.75. The minimum Gasteiger partial charge on any atom is -0.464 e. The van der Waals surface area contributed by atoms with E-state index in [0.717, 1.165) is 31.7 Å². The van der Waals surface area contributed by atoms with Gasteiger partial charge in [-0.05, 0) is 53.6 Å². The van der Waals surface area contributed by atoms with Crippen LogP contribution in [0.5, 0.6) is 0 Å². The van der Waals surface area contributed by atoms with Crippen molar-refractivity contribution in [3.63, 3.8) is 0 Å². The Morgan fingerprint density at radius 3 is 2.37 bits per heavy atom. The molecular formula is C24H16O4S2. The van der Waals surface area contributed by atoms with Gasteiger partial charge in [0, 0.05) is 32.2 Å². The standard InChI is InChI=1S/C24H16O4S2/c1-30(26,27)18-9-6-15(7-10-18)24-22(17-8-11-20-16(14-17)12-13-28-20)23(25)19-4-2-3-5-21(19)29-24/h2-14H,1H3. The van der Waals surface area contributed by atoms with Gasteiger partial charge in [-0.3, -0.25) is 4.79 Å². The molecule has 5 rings (SSSR count). The lowest BCUT2D eigenvalue weighted by atomic mass is 9.99. The zero-order valence-corrected chi connectivity index (χ0v) is 17.6. The maximum absolute atomic E-state index is 13.5. The van der Waals surface area contributed by atoms with Gasteiger partial charge in [-0.25, -0.2) is 8.42 Å². The molecule has 0 saturated heterocycles. The Kier molecular flexibility index (Phi) is 4.34. The van der Waals surface area contributed by atoms with E-state index in [9.17, 15) is 13.2 Å². The van der Waals surface area contributed by atoms with Crippen molar-refractivity contribution in [3.05, 3.63) is 89.3 Å². The smallest absolute Gasteiger partial charge is 0.196 e. The van der Waals surface area contributed by atoms with Crippen molar-refractivity contribution < 1.29 is 12.8 Å². The molecule has 0 aliphatic rings. The number of fused-ring (bicyclic) bond motifs is 2. The van der Waals surface area contributed by atoms with Gasteiger partial charge in [0.2, 0.25) is 0 Å². The Balaban J connectivity index is 1.82. The van der Waals surface area contributed by atoms with Crippen molar-refractivity contribution in [3.8, 4) is 21.6 Å². The molecule has 0 saturated carbocycles. The van der Waals surface area contributed by atoms with Crippen LogP contribution in [0, 0.1) is 0 Å². The third kappa shape index (κ3) is 3.14. The minimum absolute atomic E-state index is 0.0469. The molecule has 0 aliphatic carbocycles. The molecule has 2 heterocycles. The molecule has 30 heavy (non-hydrogen) atoms. The molecule has 0 radical (unpaired) electrons. The van der Waals surface area contributed by atoms with Gasteiger partial charge in [-0.15, -0.1) is 11.3 Å². The van der Waals surface area contributed by atoms with Crippen LogP contribution in [-0.2, 0) is 9.84 Å². The first-order valence-corrected chi connectivity index (χ1v) is 12.0. The summed E-state index contributed by atoms with van der Waals surface area (Å²) in [5.41, 5.74) is 2.92. The van der Waals surface area contributed by atoms with E-state index < -0.39 is 9.84 Å². The quantitative estimate of drug-likeness (QED) is 0.364. The summed E-state index contributed by atoms with van der Waals surface area (Å²) >= 11 is 1.52. The van der Waals surface area contributed by atoms with Crippen molar-refractivity contribution in [1.82, 2.24) is 0 Å². The van der Waals surface area contributed by atoms with Gasteiger partial charge in [-0.1, -0.05) is 30.3 Å². The van der Waals surface area contributed by atoms with Gasteiger partial charge in [0.15, 0.2) is 15.3 Å². The number of hydrogen-bond acceptors (Lipinski definition) is 5. The maximum atomic E-state index is 13.5. The summed E-state index contributed by atoms with van der Waals surface area (Å²) in [7, 11) is -3.29. The molecule has 2 aromatic heterocycles. The third-order valence-electron chi connectivity index (χ3n) is 5.08. The van der Waals surface area contributed by atoms with Crippen LogP contribution >= 0.6 is 11.3 Å². The average molecular weight is 433 g/mol. The highest BCUT2D eigenvalue weighted by Crippen LogP contribution is 2.38. The molecule has 0 N–H and O–H groups in total. The number of sulfone groups is 1. The fourth-order valence-electron chi connectivity index (χ4n) is 3.58. The zero-order valence-electron chi connectivity index (χ0n) is 16.0. The van der Waals surface area contributed by atoms with Crippen molar-refractivity contribution in [2.45, 2.75) is 4.90 Å². The maximum Gasteiger partial charge on any atom is 0.196 e. The zero-order chi connectivity index (χ0) is 20.9. The molecular weight excluding hydrogens is 416 g/mol. The molecule has 6 heteroatoms. The normalized spacial score (nSPS) is 11.9. The van der Waals surface area contributed by atoms with E-state index in [1.54, 1.807) is 30.5 Å². The van der Waals surface area contributed by atoms with Crippen LogP contribution in [-0.4, -0.2) is 14.7 Å². The molecule has 3 aromatic carbocycles. The van der Waals surface area contributed by atoms with E-state index in [4.69, 9.17) is 4.42 Å². The Hall–Kier alpha value is -3.22. The highest BCUT2D eigenvalue weighted by atomic mass is 32.2. The third-order valence-corrected chi connectivity index (χ3v) is 7.43. The molecule has 5 aromatic rings. The molecule has 148 valence electrons. The summed E-state index contributed by atoms with van der Waals surface area (Å²) < 4.78 is 30.0. The van der Waals surface area contributed by atoms with Gasteiger partial charge in [0.05, 0.1) is 11.2 Å². The van der Waals surface area contributed by atoms with Gasteiger partial charge >= 0.3 is 0 Å². The lowest BCUT2D eigenvalue weighted by Gasteiger charge is -2.11. The van der Waals surface area contributed by atoms with Crippen molar-refractivity contribution >= 4 is 42.2 Å². The van der Waals surface area contributed by atoms with Crippen LogP contribution < -0.4 is 5.43 Å². The predicted molar refractivity (Wildman–Crippen MR) is 122 cm³/mol. The van der Waals surface area contributed by atoms with Crippen molar-refractivity contribution in [2.24, 2.45) is 0 Å². The minimum atomic E-state index is -3.29. The fraction of sp³-hybridized carbons (Fsp3) is 0.0417. The largest absolute Gasteiger partial charge is 0.464 e. The topological polar surface area (TPSA) is 64.3 Å². The highest BCUT2D eigenvalue weighted by Gasteiger charge is 2.17. The van der Waals surface area contributed by atoms with E-state index in [-0.39, 0.29) is 10.3 Å². The summed E-state index contributed by atoms with van der Waals surface area (Å²) in [5.74, 6) is 0. The number of benzene rings is 3. The molecule has 0 bridgehead atoms. The second kappa shape index (κ2) is 6.93.